The van der Waals surface area contributed by atoms with Gasteiger partial charge in [0.15, 0.2) is 0 Å². The van der Waals surface area contributed by atoms with Crippen LogP contribution in [0.5, 0.6) is 0 Å². The summed E-state index contributed by atoms with van der Waals surface area (Å²) < 4.78 is 4.83. The summed E-state index contributed by atoms with van der Waals surface area (Å²) in [5.74, 6) is -0.0151. The van der Waals surface area contributed by atoms with Crippen LogP contribution in [0.25, 0.3) is 0 Å². The van der Waals surface area contributed by atoms with Gasteiger partial charge in [-0.2, -0.15) is 0 Å². The summed E-state index contributed by atoms with van der Waals surface area (Å²) in [7, 11) is 1.47. The second-order valence-corrected chi connectivity index (χ2v) is 4.77. The monoisotopic (exact) mass is 248 g/mol. The Hall–Kier alpha value is -1.42. The Kier molecular flexibility index (Phi) is 4.70. The molecule has 0 radical (unpaired) electrons. The van der Waals surface area contributed by atoms with Crippen LogP contribution in [-0.4, -0.2) is 42.6 Å². The second kappa shape index (κ2) is 6.50. The molecule has 4 nitrogen and oxygen atoms in total. The highest BCUT2D eigenvalue weighted by atomic mass is 16.5. The van der Waals surface area contributed by atoms with Crippen molar-refractivity contribution in [3.05, 3.63) is 30.1 Å². The summed E-state index contributed by atoms with van der Waals surface area (Å²) in [6, 6.07) is 4.05. The van der Waals surface area contributed by atoms with Gasteiger partial charge in [-0.1, -0.05) is 6.07 Å². The molecule has 0 bridgehead atoms. The first-order valence-electron chi connectivity index (χ1n) is 6.48. The molecule has 4 heteroatoms. The summed E-state index contributed by atoms with van der Waals surface area (Å²) in [4.78, 5) is 18.0. The van der Waals surface area contributed by atoms with Gasteiger partial charge in [0.1, 0.15) is 0 Å². The van der Waals surface area contributed by atoms with E-state index in [4.69, 9.17) is 4.74 Å². The predicted molar refractivity (Wildman–Crippen MR) is 69.1 cm³/mol. The van der Waals surface area contributed by atoms with Crippen molar-refractivity contribution >= 4 is 5.97 Å². The van der Waals surface area contributed by atoms with Crippen LogP contribution in [0.15, 0.2) is 24.5 Å². The highest BCUT2D eigenvalue weighted by Crippen LogP contribution is 2.17. The third-order valence-electron chi connectivity index (χ3n) is 3.48. The summed E-state index contributed by atoms with van der Waals surface area (Å²) in [5.41, 5.74) is 1.25. The first kappa shape index (κ1) is 13.0. The Bertz CT molecular complexity index is 381. The van der Waals surface area contributed by atoms with Gasteiger partial charge in [-0.05, 0) is 37.4 Å². The van der Waals surface area contributed by atoms with E-state index in [1.54, 1.807) is 6.20 Å². The SMILES string of the molecule is COC(=O)C1CCCN(CCc2cccnc2)C1. The van der Waals surface area contributed by atoms with Gasteiger partial charge in [0.2, 0.25) is 0 Å². The lowest BCUT2D eigenvalue weighted by Crippen LogP contribution is -2.40. The quantitative estimate of drug-likeness (QED) is 0.757. The van der Waals surface area contributed by atoms with E-state index in [1.807, 2.05) is 12.3 Å². The molecule has 98 valence electrons. The number of carbonyl (C=O) groups is 1. The number of esters is 1. The van der Waals surface area contributed by atoms with Gasteiger partial charge in [-0.3, -0.25) is 9.78 Å². The summed E-state index contributed by atoms with van der Waals surface area (Å²) in [6.07, 6.45) is 6.71. The molecule has 0 amide bonds. The van der Waals surface area contributed by atoms with Crippen molar-refractivity contribution in [2.24, 2.45) is 5.92 Å². The van der Waals surface area contributed by atoms with Crippen LogP contribution in [0.1, 0.15) is 18.4 Å². The molecular weight excluding hydrogens is 228 g/mol. The number of hydrogen-bond donors (Lipinski definition) is 0. The smallest absolute Gasteiger partial charge is 0.309 e. The fourth-order valence-corrected chi connectivity index (χ4v) is 2.45. The highest BCUT2D eigenvalue weighted by molar-refractivity contribution is 5.72. The Balaban J connectivity index is 1.81. The van der Waals surface area contributed by atoms with Crippen LogP contribution in [0.3, 0.4) is 0 Å². The molecule has 1 aliphatic heterocycles. The largest absolute Gasteiger partial charge is 0.469 e. The lowest BCUT2D eigenvalue weighted by Gasteiger charge is -2.31. The standard InChI is InChI=1S/C14H20N2O2/c1-18-14(17)13-5-3-8-16(11-13)9-6-12-4-2-7-15-10-12/h2,4,7,10,13H,3,5-6,8-9,11H2,1H3. The van der Waals surface area contributed by atoms with E-state index in [2.05, 4.69) is 16.0 Å². The van der Waals surface area contributed by atoms with Crippen LogP contribution in [0.2, 0.25) is 0 Å². The van der Waals surface area contributed by atoms with Crippen molar-refractivity contribution in [3.8, 4) is 0 Å². The average molecular weight is 248 g/mol. The third kappa shape index (κ3) is 3.53. The molecule has 2 rings (SSSR count). The third-order valence-corrected chi connectivity index (χ3v) is 3.48. The van der Waals surface area contributed by atoms with Gasteiger partial charge >= 0.3 is 5.97 Å². The van der Waals surface area contributed by atoms with Crippen molar-refractivity contribution in [2.45, 2.75) is 19.3 Å². The number of piperidine rings is 1. The van der Waals surface area contributed by atoms with E-state index in [9.17, 15) is 4.79 Å². The zero-order chi connectivity index (χ0) is 12.8. The van der Waals surface area contributed by atoms with Gasteiger partial charge in [-0.25, -0.2) is 0 Å². The number of carbonyl (C=O) groups excluding carboxylic acids is 1. The predicted octanol–water partition coefficient (Wildman–Crippen LogP) is 1.51. The van der Waals surface area contributed by atoms with Crippen LogP contribution in [-0.2, 0) is 16.0 Å². The van der Waals surface area contributed by atoms with Crippen LogP contribution >= 0.6 is 0 Å². The van der Waals surface area contributed by atoms with E-state index in [1.165, 1.54) is 12.7 Å². The molecule has 18 heavy (non-hydrogen) atoms. The number of methoxy groups -OCH3 is 1. The number of rotatable bonds is 4. The van der Waals surface area contributed by atoms with Gasteiger partial charge in [0, 0.05) is 25.5 Å². The zero-order valence-electron chi connectivity index (χ0n) is 10.8. The lowest BCUT2D eigenvalue weighted by molar-refractivity contribution is -0.147. The Morgan fingerprint density at radius 3 is 3.22 bits per heavy atom. The second-order valence-electron chi connectivity index (χ2n) is 4.77. The maximum Gasteiger partial charge on any atom is 0.309 e. The molecule has 0 N–H and O–H groups in total. The maximum atomic E-state index is 11.5. The molecule has 1 aromatic heterocycles. The van der Waals surface area contributed by atoms with Gasteiger partial charge < -0.3 is 9.64 Å². The average Bonchev–Trinajstić information content (AvgIpc) is 2.45. The van der Waals surface area contributed by atoms with E-state index < -0.39 is 0 Å². The van der Waals surface area contributed by atoms with Crippen molar-refractivity contribution in [1.29, 1.82) is 0 Å². The topological polar surface area (TPSA) is 42.4 Å². The van der Waals surface area contributed by atoms with Crippen molar-refractivity contribution in [3.63, 3.8) is 0 Å². The molecule has 0 aromatic carbocycles. The number of likely N-dealkylation sites (tertiary alicyclic amines) is 1. The number of ether oxygens (including phenoxy) is 1. The van der Waals surface area contributed by atoms with Gasteiger partial charge in [0.25, 0.3) is 0 Å². The molecule has 1 aliphatic rings. The Morgan fingerprint density at radius 1 is 1.61 bits per heavy atom. The van der Waals surface area contributed by atoms with Crippen molar-refractivity contribution < 1.29 is 9.53 Å². The molecular formula is C14H20N2O2. The molecule has 1 atom stereocenters. The molecule has 0 aliphatic carbocycles. The highest BCUT2D eigenvalue weighted by Gasteiger charge is 2.25. The number of hydrogen-bond acceptors (Lipinski definition) is 4. The van der Waals surface area contributed by atoms with Gasteiger partial charge in [-0.15, -0.1) is 0 Å². The fraction of sp³-hybridized carbons (Fsp3) is 0.571. The van der Waals surface area contributed by atoms with Crippen molar-refractivity contribution in [2.75, 3.05) is 26.7 Å². The summed E-state index contributed by atoms with van der Waals surface area (Å²) >= 11 is 0. The Labute approximate surface area is 108 Å². The first-order chi connectivity index (χ1) is 8.79. The molecule has 2 heterocycles. The summed E-state index contributed by atoms with van der Waals surface area (Å²) in [5, 5.41) is 0. The summed E-state index contributed by atoms with van der Waals surface area (Å²) in [6.45, 7) is 2.89. The minimum Gasteiger partial charge on any atom is -0.469 e. The van der Waals surface area contributed by atoms with E-state index in [-0.39, 0.29) is 11.9 Å². The zero-order valence-corrected chi connectivity index (χ0v) is 10.8. The first-order valence-corrected chi connectivity index (χ1v) is 6.48. The Morgan fingerprint density at radius 2 is 2.50 bits per heavy atom. The minimum absolute atomic E-state index is 0.0534. The van der Waals surface area contributed by atoms with Crippen molar-refractivity contribution in [1.82, 2.24) is 9.88 Å². The van der Waals surface area contributed by atoms with E-state index >= 15 is 0 Å². The normalized spacial score (nSPS) is 20.6. The lowest BCUT2D eigenvalue weighted by atomic mass is 9.98. The number of nitrogens with zero attached hydrogens (tertiary/aromatic N) is 2. The minimum atomic E-state index is -0.0684. The van der Waals surface area contributed by atoms with Crippen LogP contribution in [0, 0.1) is 5.92 Å². The molecule has 1 fully saturated rings. The van der Waals surface area contributed by atoms with E-state index in [0.29, 0.717) is 0 Å². The van der Waals surface area contributed by atoms with Crippen LogP contribution < -0.4 is 0 Å². The fourth-order valence-electron chi connectivity index (χ4n) is 2.45. The van der Waals surface area contributed by atoms with E-state index in [0.717, 1.165) is 38.9 Å². The maximum absolute atomic E-state index is 11.5. The van der Waals surface area contributed by atoms with Crippen LogP contribution in [0.4, 0.5) is 0 Å². The number of pyridine rings is 1. The number of aromatic nitrogens is 1. The molecule has 1 aromatic rings. The van der Waals surface area contributed by atoms with Gasteiger partial charge in [0.05, 0.1) is 13.0 Å². The molecule has 0 spiro atoms. The molecule has 1 saturated heterocycles. The molecule has 1 unspecified atom stereocenters. The molecule has 0 saturated carbocycles.